The van der Waals surface area contributed by atoms with Gasteiger partial charge in [0.15, 0.2) is 7.12 Å². The average molecular weight is 190 g/mol. The molecule has 0 unspecified atom stereocenters. The van der Waals surface area contributed by atoms with Gasteiger partial charge in [0.1, 0.15) is 6.04 Å². The van der Waals surface area contributed by atoms with Crippen LogP contribution in [0.5, 0.6) is 0 Å². The second-order valence-corrected chi connectivity index (χ2v) is 3.54. The van der Waals surface area contributed by atoms with Gasteiger partial charge < -0.3 is 16.2 Å². The van der Waals surface area contributed by atoms with Crippen molar-refractivity contribution in [1.82, 2.24) is 5.32 Å². The molecule has 0 heterocycles. The molecule has 0 aliphatic rings. The molecule has 0 saturated heterocycles. The maximum absolute atomic E-state index is 11.1. The minimum Gasteiger partial charge on any atom is -0.391 e. The molecule has 0 aliphatic heterocycles. The van der Waals surface area contributed by atoms with E-state index in [1.54, 1.807) is 11.6 Å². The zero-order valence-electron chi connectivity index (χ0n) is 7.41. The Balaban J connectivity index is 3.57. The van der Waals surface area contributed by atoms with E-state index < -0.39 is 12.1 Å². The van der Waals surface area contributed by atoms with E-state index in [0.29, 0.717) is 6.54 Å². The smallest absolute Gasteiger partial charge is 0.239 e. The van der Waals surface area contributed by atoms with E-state index in [1.165, 1.54) is 6.92 Å². The largest absolute Gasteiger partial charge is 0.391 e. The number of hydrogen-bond acceptors (Lipinski definition) is 4. The standard InChI is InChI=1S/C6H15BN2O2S/c1-4(10)5(8)6(11)9-2-3-12-7/h4-5,10H,2-3,7-8H2,1H3,(H,9,11)/t4-,5+/m1/s1. The van der Waals surface area contributed by atoms with Crippen molar-refractivity contribution < 1.29 is 9.90 Å². The molecule has 1 amide bonds. The Kier molecular flexibility index (Phi) is 6.23. The Morgan fingerprint density at radius 2 is 2.42 bits per heavy atom. The summed E-state index contributed by atoms with van der Waals surface area (Å²) in [5.74, 6) is 0.567. The molecule has 0 saturated carbocycles. The van der Waals surface area contributed by atoms with Crippen LogP contribution in [0.1, 0.15) is 6.92 Å². The SMILES string of the molecule is BSCCNC(=O)[C@@H](N)[C@@H](C)O. The van der Waals surface area contributed by atoms with Gasteiger partial charge in [0.2, 0.25) is 5.91 Å². The summed E-state index contributed by atoms with van der Waals surface area (Å²) in [6, 6.07) is -0.813. The first-order valence-electron chi connectivity index (χ1n) is 3.80. The summed E-state index contributed by atoms with van der Waals surface area (Å²) >= 11 is 1.65. The van der Waals surface area contributed by atoms with Crippen LogP contribution < -0.4 is 11.1 Å². The molecule has 2 atom stereocenters. The highest BCUT2D eigenvalue weighted by Gasteiger charge is 2.17. The second-order valence-electron chi connectivity index (χ2n) is 2.55. The van der Waals surface area contributed by atoms with Gasteiger partial charge in [-0.3, -0.25) is 4.79 Å². The minimum atomic E-state index is -0.813. The minimum absolute atomic E-state index is 0.293. The van der Waals surface area contributed by atoms with E-state index in [-0.39, 0.29) is 5.91 Å². The molecule has 0 spiro atoms. The fourth-order valence-corrected chi connectivity index (χ4v) is 0.919. The van der Waals surface area contributed by atoms with E-state index >= 15 is 0 Å². The summed E-state index contributed by atoms with van der Waals surface area (Å²) in [5, 5.41) is 11.6. The normalized spacial score (nSPS) is 15.2. The highest BCUT2D eigenvalue weighted by molar-refractivity contribution is 8.19. The first-order valence-corrected chi connectivity index (χ1v) is 5.19. The van der Waals surface area contributed by atoms with Gasteiger partial charge in [-0.25, -0.2) is 11.6 Å². The van der Waals surface area contributed by atoms with Gasteiger partial charge in [-0.2, -0.15) is 0 Å². The van der Waals surface area contributed by atoms with Crippen molar-refractivity contribution in [1.29, 1.82) is 0 Å². The summed E-state index contributed by atoms with van der Waals surface area (Å²) in [5.41, 5.74) is 5.37. The quantitative estimate of drug-likeness (QED) is 0.349. The van der Waals surface area contributed by atoms with Crippen molar-refractivity contribution in [2.45, 2.75) is 19.1 Å². The molecular weight excluding hydrogens is 175 g/mol. The fraction of sp³-hybridized carbons (Fsp3) is 0.833. The summed E-state index contributed by atoms with van der Waals surface area (Å²) in [6.07, 6.45) is -0.792. The predicted molar refractivity (Wildman–Crippen MR) is 53.7 cm³/mol. The van der Waals surface area contributed by atoms with Crippen LogP contribution in [0.15, 0.2) is 0 Å². The summed E-state index contributed by atoms with van der Waals surface area (Å²) < 4.78 is 0. The Bertz CT molecular complexity index is 146. The highest BCUT2D eigenvalue weighted by Crippen LogP contribution is 1.89. The Morgan fingerprint density at radius 3 is 2.83 bits per heavy atom. The molecule has 0 fully saturated rings. The monoisotopic (exact) mass is 190 g/mol. The molecule has 4 nitrogen and oxygen atoms in total. The van der Waals surface area contributed by atoms with Gasteiger partial charge in [0.05, 0.1) is 6.10 Å². The third-order valence-corrected chi connectivity index (χ3v) is 2.04. The fourth-order valence-electron chi connectivity index (χ4n) is 0.613. The van der Waals surface area contributed by atoms with E-state index in [4.69, 9.17) is 10.8 Å². The summed E-state index contributed by atoms with van der Waals surface area (Å²) in [7, 11) is 1.96. The van der Waals surface area contributed by atoms with Crippen LogP contribution in [-0.4, -0.2) is 42.6 Å². The number of aliphatic hydroxyl groups excluding tert-OH is 1. The molecule has 0 aromatic heterocycles. The average Bonchev–Trinajstić information content (AvgIpc) is 2.03. The van der Waals surface area contributed by atoms with Crippen LogP contribution in [0.3, 0.4) is 0 Å². The third-order valence-electron chi connectivity index (χ3n) is 1.43. The van der Waals surface area contributed by atoms with Crippen LogP contribution >= 0.6 is 11.6 Å². The van der Waals surface area contributed by atoms with Gasteiger partial charge in [0.25, 0.3) is 0 Å². The number of hydrogen-bond donors (Lipinski definition) is 3. The number of rotatable bonds is 5. The Labute approximate surface area is 77.6 Å². The molecule has 0 bridgehead atoms. The van der Waals surface area contributed by atoms with Crippen LogP contribution in [0.25, 0.3) is 0 Å². The highest BCUT2D eigenvalue weighted by atomic mass is 32.2. The molecule has 4 N–H and O–H groups in total. The first-order chi connectivity index (χ1) is 5.59. The molecule has 0 radical (unpaired) electrons. The lowest BCUT2D eigenvalue weighted by Gasteiger charge is -2.13. The van der Waals surface area contributed by atoms with Crippen molar-refractivity contribution >= 4 is 24.6 Å². The van der Waals surface area contributed by atoms with Crippen molar-refractivity contribution in [2.75, 3.05) is 12.3 Å². The summed E-state index contributed by atoms with van der Waals surface area (Å²) in [6.45, 7) is 2.10. The Hall–Kier alpha value is -0.195. The van der Waals surface area contributed by atoms with E-state index in [1.807, 2.05) is 7.12 Å². The van der Waals surface area contributed by atoms with E-state index in [9.17, 15) is 4.79 Å². The number of nitrogens with two attached hydrogens (primary N) is 1. The molecular formula is C6H15BN2O2S. The van der Waals surface area contributed by atoms with E-state index in [2.05, 4.69) is 5.32 Å². The molecule has 0 aromatic carbocycles. The topological polar surface area (TPSA) is 75.4 Å². The number of nitrogens with one attached hydrogen (secondary N) is 1. The Morgan fingerprint density at radius 1 is 1.83 bits per heavy atom. The van der Waals surface area contributed by atoms with Crippen LogP contribution in [0, 0.1) is 0 Å². The number of amides is 1. The summed E-state index contributed by atoms with van der Waals surface area (Å²) in [4.78, 5) is 11.1. The lowest BCUT2D eigenvalue weighted by atomic mass is 10.2. The zero-order valence-corrected chi connectivity index (χ0v) is 8.23. The van der Waals surface area contributed by atoms with Crippen molar-refractivity contribution in [3.63, 3.8) is 0 Å². The second kappa shape index (κ2) is 6.34. The maximum Gasteiger partial charge on any atom is 0.239 e. The number of carbonyl (C=O) groups is 1. The van der Waals surface area contributed by atoms with Crippen molar-refractivity contribution in [3.8, 4) is 0 Å². The van der Waals surface area contributed by atoms with Gasteiger partial charge in [-0.15, -0.1) is 0 Å². The zero-order chi connectivity index (χ0) is 9.56. The number of aliphatic hydroxyl groups is 1. The lowest BCUT2D eigenvalue weighted by molar-refractivity contribution is -0.124. The molecule has 0 aliphatic carbocycles. The van der Waals surface area contributed by atoms with E-state index in [0.717, 1.165) is 5.75 Å². The van der Waals surface area contributed by atoms with Gasteiger partial charge in [-0.05, 0) is 12.7 Å². The molecule has 6 heteroatoms. The molecule has 0 aromatic rings. The first kappa shape index (κ1) is 11.8. The lowest BCUT2D eigenvalue weighted by Crippen LogP contribution is -2.47. The predicted octanol–water partition coefficient (Wildman–Crippen LogP) is -1.91. The molecule has 12 heavy (non-hydrogen) atoms. The van der Waals surface area contributed by atoms with Crippen molar-refractivity contribution in [3.05, 3.63) is 0 Å². The van der Waals surface area contributed by atoms with Crippen molar-refractivity contribution in [2.24, 2.45) is 5.73 Å². The molecule has 0 rings (SSSR count). The van der Waals surface area contributed by atoms with Crippen LogP contribution in [-0.2, 0) is 4.79 Å². The van der Waals surface area contributed by atoms with Gasteiger partial charge in [-0.1, -0.05) is 0 Å². The molecule has 70 valence electrons. The third kappa shape index (κ3) is 4.64. The maximum atomic E-state index is 11.1. The van der Waals surface area contributed by atoms with Gasteiger partial charge >= 0.3 is 0 Å². The van der Waals surface area contributed by atoms with Crippen LogP contribution in [0.2, 0.25) is 0 Å². The van der Waals surface area contributed by atoms with Gasteiger partial charge in [0, 0.05) is 6.54 Å². The number of carbonyl (C=O) groups excluding carboxylic acids is 1. The van der Waals surface area contributed by atoms with Crippen LogP contribution in [0.4, 0.5) is 0 Å².